The van der Waals surface area contributed by atoms with Crippen molar-refractivity contribution in [3.63, 3.8) is 0 Å². The zero-order valence-electron chi connectivity index (χ0n) is 23.6. The Hall–Kier alpha value is -2.78. The van der Waals surface area contributed by atoms with Crippen molar-refractivity contribution in [2.45, 2.75) is 64.0 Å². The molecule has 2 aromatic carbocycles. The number of nitrogens with zero attached hydrogens (tertiary/aromatic N) is 2. The van der Waals surface area contributed by atoms with E-state index in [4.69, 9.17) is 9.47 Å². The lowest BCUT2D eigenvalue weighted by molar-refractivity contribution is -0.275. The lowest BCUT2D eigenvalue weighted by Crippen LogP contribution is -2.54. The number of hydrogen-bond donors (Lipinski definition) is 2. The molecular formula is C32H40N2O6. The maximum atomic E-state index is 14.0. The Labute approximate surface area is 235 Å². The quantitative estimate of drug-likeness (QED) is 0.531. The first-order valence-corrected chi connectivity index (χ1v) is 14.5. The second-order valence-electron chi connectivity index (χ2n) is 12.3. The zero-order valence-corrected chi connectivity index (χ0v) is 23.6. The summed E-state index contributed by atoms with van der Waals surface area (Å²) in [5.74, 6) is -3.56. The van der Waals surface area contributed by atoms with Gasteiger partial charge in [-0.1, -0.05) is 30.3 Å². The SMILES string of the molecule is COC[C@H]1C[C@@H]2C(=O)N(C3CCN(Cc4ccccc4)CC3)C(=O)[C@@H]2[C@@H]2C[C@@H](c3cc(C)c(O)c(C)c3)O[C@]12O. The van der Waals surface area contributed by atoms with Crippen molar-refractivity contribution in [2.75, 3.05) is 26.8 Å². The first-order valence-electron chi connectivity index (χ1n) is 14.5. The molecule has 214 valence electrons. The second-order valence-corrected chi connectivity index (χ2v) is 12.3. The van der Waals surface area contributed by atoms with Gasteiger partial charge in [0.15, 0.2) is 5.79 Å². The highest BCUT2D eigenvalue weighted by Crippen LogP contribution is 2.58. The number of imide groups is 1. The van der Waals surface area contributed by atoms with Crippen LogP contribution in [0.1, 0.15) is 54.0 Å². The number of piperidine rings is 1. The van der Waals surface area contributed by atoms with E-state index in [1.807, 2.05) is 44.2 Å². The van der Waals surface area contributed by atoms with Crippen LogP contribution in [0.15, 0.2) is 42.5 Å². The fourth-order valence-corrected chi connectivity index (χ4v) is 7.82. The molecule has 1 saturated carbocycles. The van der Waals surface area contributed by atoms with Crippen LogP contribution in [0, 0.1) is 37.5 Å². The van der Waals surface area contributed by atoms with Gasteiger partial charge in [0, 0.05) is 44.6 Å². The molecule has 2 amide bonds. The molecule has 0 aromatic heterocycles. The maximum Gasteiger partial charge on any atom is 0.233 e. The molecule has 0 radical (unpaired) electrons. The smallest absolute Gasteiger partial charge is 0.233 e. The number of phenolic OH excluding ortho intramolecular Hbond substituents is 1. The summed E-state index contributed by atoms with van der Waals surface area (Å²) in [5.41, 5.74) is 3.61. The molecule has 6 atom stereocenters. The monoisotopic (exact) mass is 548 g/mol. The van der Waals surface area contributed by atoms with Gasteiger partial charge >= 0.3 is 0 Å². The third-order valence-corrected chi connectivity index (χ3v) is 9.82. The number of aromatic hydroxyl groups is 1. The maximum absolute atomic E-state index is 14.0. The number of benzene rings is 2. The van der Waals surface area contributed by atoms with Gasteiger partial charge in [0.2, 0.25) is 11.8 Å². The fourth-order valence-electron chi connectivity index (χ4n) is 7.82. The normalized spacial score (nSPS) is 32.9. The number of likely N-dealkylation sites (tertiary alicyclic amines) is 2. The van der Waals surface area contributed by atoms with E-state index in [1.54, 1.807) is 12.0 Å². The molecule has 2 N–H and O–H groups in total. The molecule has 3 aliphatic heterocycles. The average molecular weight is 549 g/mol. The number of rotatable bonds is 6. The Kier molecular flexibility index (Phi) is 7.23. The highest BCUT2D eigenvalue weighted by atomic mass is 16.6. The molecule has 3 saturated heterocycles. The molecule has 0 bridgehead atoms. The van der Waals surface area contributed by atoms with Crippen LogP contribution < -0.4 is 0 Å². The van der Waals surface area contributed by atoms with Gasteiger partial charge in [-0.25, -0.2) is 0 Å². The molecule has 0 unspecified atom stereocenters. The Morgan fingerprint density at radius 1 is 1.02 bits per heavy atom. The van der Waals surface area contributed by atoms with E-state index in [9.17, 15) is 19.8 Å². The Bertz CT molecular complexity index is 1250. The highest BCUT2D eigenvalue weighted by Gasteiger charge is 2.67. The highest BCUT2D eigenvalue weighted by molar-refractivity contribution is 6.06. The lowest BCUT2D eigenvalue weighted by atomic mass is 9.64. The van der Waals surface area contributed by atoms with Crippen molar-refractivity contribution >= 4 is 11.8 Å². The summed E-state index contributed by atoms with van der Waals surface area (Å²) in [6, 6.07) is 14.0. The number of hydrogen-bond acceptors (Lipinski definition) is 7. The number of carbonyl (C=O) groups excluding carboxylic acids is 2. The van der Waals surface area contributed by atoms with Crippen molar-refractivity contribution in [1.29, 1.82) is 0 Å². The van der Waals surface area contributed by atoms with Gasteiger partial charge < -0.3 is 19.7 Å². The predicted octanol–water partition coefficient (Wildman–Crippen LogP) is 3.71. The number of carbonyl (C=O) groups is 2. The predicted molar refractivity (Wildman–Crippen MR) is 148 cm³/mol. The molecule has 3 heterocycles. The summed E-state index contributed by atoms with van der Waals surface area (Å²) in [6.45, 7) is 6.45. The fraction of sp³-hybridized carbons (Fsp3) is 0.562. The minimum absolute atomic E-state index is 0.0977. The van der Waals surface area contributed by atoms with Crippen molar-refractivity contribution in [1.82, 2.24) is 9.80 Å². The summed E-state index contributed by atoms with van der Waals surface area (Å²) in [5, 5.41) is 22.3. The summed E-state index contributed by atoms with van der Waals surface area (Å²) in [7, 11) is 1.58. The van der Waals surface area contributed by atoms with E-state index in [0.29, 0.717) is 12.8 Å². The minimum atomic E-state index is -1.56. The van der Waals surface area contributed by atoms with Crippen LogP contribution >= 0.6 is 0 Å². The Morgan fingerprint density at radius 3 is 2.35 bits per heavy atom. The van der Waals surface area contributed by atoms with Crippen molar-refractivity contribution < 1.29 is 29.3 Å². The summed E-state index contributed by atoms with van der Waals surface area (Å²) in [6.07, 6.45) is 1.87. The molecule has 8 heteroatoms. The van der Waals surface area contributed by atoms with E-state index in [2.05, 4.69) is 17.0 Å². The third kappa shape index (κ3) is 4.55. The van der Waals surface area contributed by atoms with Crippen LogP contribution in [-0.2, 0) is 25.6 Å². The van der Waals surface area contributed by atoms with Gasteiger partial charge in [-0.2, -0.15) is 0 Å². The summed E-state index contributed by atoms with van der Waals surface area (Å²) in [4.78, 5) is 31.8. The molecule has 0 spiro atoms. The minimum Gasteiger partial charge on any atom is -0.507 e. The molecule has 2 aromatic rings. The first-order chi connectivity index (χ1) is 19.2. The molecular weight excluding hydrogens is 508 g/mol. The number of amides is 2. The van der Waals surface area contributed by atoms with E-state index >= 15 is 0 Å². The molecule has 4 fully saturated rings. The van der Waals surface area contributed by atoms with E-state index < -0.39 is 35.6 Å². The summed E-state index contributed by atoms with van der Waals surface area (Å²) < 4.78 is 11.9. The molecule has 8 nitrogen and oxygen atoms in total. The van der Waals surface area contributed by atoms with Crippen molar-refractivity contribution in [3.8, 4) is 5.75 Å². The topological polar surface area (TPSA) is 99.5 Å². The van der Waals surface area contributed by atoms with Crippen molar-refractivity contribution in [2.24, 2.45) is 23.7 Å². The third-order valence-electron chi connectivity index (χ3n) is 9.82. The number of aliphatic hydroxyl groups is 1. The lowest BCUT2D eigenvalue weighted by Gasteiger charge is -2.44. The first kappa shape index (κ1) is 27.4. The molecule has 1 aliphatic carbocycles. The standard InChI is InChI=1S/C32H40N2O6/c1-19-13-22(14-20(2)29(19)35)27-16-26-28-25(15-23(18-39-3)32(26,38)40-27)30(36)34(31(28)37)24-9-11-33(12-10-24)17-21-7-5-4-6-8-21/h4-8,13-14,23-28,35,38H,9-12,15-18H2,1-3H3/t23-,25+,26+,27+,28+,32-/m1/s1. The van der Waals surface area contributed by atoms with Crippen LogP contribution in [0.25, 0.3) is 0 Å². The molecule has 4 aliphatic rings. The van der Waals surface area contributed by atoms with Crippen LogP contribution in [0.4, 0.5) is 0 Å². The average Bonchev–Trinajstić information content (AvgIpc) is 3.42. The van der Waals surface area contributed by atoms with Gasteiger partial charge in [-0.05, 0) is 73.9 Å². The number of aryl methyl sites for hydroxylation is 2. The number of fused-ring (bicyclic) bond motifs is 3. The van der Waals surface area contributed by atoms with Crippen LogP contribution in [0.5, 0.6) is 5.75 Å². The zero-order chi connectivity index (χ0) is 28.2. The van der Waals surface area contributed by atoms with Crippen molar-refractivity contribution in [3.05, 3.63) is 64.7 Å². The van der Waals surface area contributed by atoms with Gasteiger partial charge in [-0.3, -0.25) is 19.4 Å². The number of ether oxygens (including phenoxy) is 2. The van der Waals surface area contributed by atoms with E-state index in [0.717, 1.165) is 49.2 Å². The van der Waals surface area contributed by atoms with Crippen LogP contribution in [0.3, 0.4) is 0 Å². The van der Waals surface area contributed by atoms with E-state index in [-0.39, 0.29) is 30.2 Å². The van der Waals surface area contributed by atoms with Crippen LogP contribution in [-0.4, -0.2) is 70.5 Å². The Morgan fingerprint density at radius 2 is 1.70 bits per heavy atom. The van der Waals surface area contributed by atoms with Gasteiger partial charge in [0.25, 0.3) is 0 Å². The largest absolute Gasteiger partial charge is 0.507 e. The number of methoxy groups -OCH3 is 1. The summed E-state index contributed by atoms with van der Waals surface area (Å²) >= 11 is 0. The molecule has 6 rings (SSSR count). The second kappa shape index (κ2) is 10.6. The molecule has 40 heavy (non-hydrogen) atoms. The van der Waals surface area contributed by atoms with Gasteiger partial charge in [0.1, 0.15) is 5.75 Å². The van der Waals surface area contributed by atoms with Gasteiger partial charge in [-0.15, -0.1) is 0 Å². The van der Waals surface area contributed by atoms with Gasteiger partial charge in [0.05, 0.1) is 24.5 Å². The number of phenols is 1. The van der Waals surface area contributed by atoms with Crippen LogP contribution in [0.2, 0.25) is 0 Å². The van der Waals surface area contributed by atoms with E-state index in [1.165, 1.54) is 5.56 Å². The Balaban J connectivity index is 1.22.